The number of aliphatic carboxylic acids is 3. The molecule has 0 aliphatic rings. The van der Waals surface area contributed by atoms with Crippen molar-refractivity contribution < 1.29 is 44.1 Å². The molecule has 2 aromatic rings. The minimum absolute atomic E-state index is 0.0348. The van der Waals surface area contributed by atoms with E-state index in [1.165, 1.54) is 12.5 Å². The number of nitrogens with zero attached hydrogens (tertiary/aromatic N) is 1. The number of benzene rings is 1. The van der Waals surface area contributed by atoms with Gasteiger partial charge in [-0.15, -0.1) is 0 Å². The van der Waals surface area contributed by atoms with Crippen LogP contribution in [0.4, 0.5) is 0 Å². The van der Waals surface area contributed by atoms with Crippen molar-refractivity contribution in [2.24, 2.45) is 5.73 Å². The highest BCUT2D eigenvalue weighted by Gasteiger charge is 2.31. The predicted molar refractivity (Wildman–Crippen MR) is 133 cm³/mol. The van der Waals surface area contributed by atoms with E-state index in [1.807, 2.05) is 0 Å². The fourth-order valence-electron chi connectivity index (χ4n) is 3.51. The Morgan fingerprint density at radius 2 is 1.41 bits per heavy atom. The normalized spacial score (nSPS) is 13.8. The van der Waals surface area contributed by atoms with E-state index in [4.69, 9.17) is 15.9 Å². The molecule has 1 heterocycles. The highest BCUT2D eigenvalue weighted by Crippen LogP contribution is 2.07. The van der Waals surface area contributed by atoms with Gasteiger partial charge in [-0.1, -0.05) is 30.3 Å². The molecule has 1 aromatic heterocycles. The van der Waals surface area contributed by atoms with E-state index in [9.17, 15) is 33.9 Å². The van der Waals surface area contributed by atoms with Crippen molar-refractivity contribution in [2.75, 3.05) is 0 Å². The number of H-pyrrole nitrogens is 1. The van der Waals surface area contributed by atoms with E-state index in [1.54, 1.807) is 30.3 Å². The molecule has 0 aliphatic heterocycles. The summed E-state index contributed by atoms with van der Waals surface area (Å²) in [6.07, 6.45) is 0.955. The molecule has 210 valence electrons. The number of imidazole rings is 1. The van der Waals surface area contributed by atoms with Crippen molar-refractivity contribution in [2.45, 2.75) is 56.3 Å². The van der Waals surface area contributed by atoms with Gasteiger partial charge >= 0.3 is 17.9 Å². The number of aromatic nitrogens is 2. The summed E-state index contributed by atoms with van der Waals surface area (Å²) in [5, 5.41) is 34.3. The first-order valence-corrected chi connectivity index (χ1v) is 11.8. The van der Waals surface area contributed by atoms with Gasteiger partial charge in [0.2, 0.25) is 17.7 Å². The minimum atomic E-state index is -1.54. The predicted octanol–water partition coefficient (Wildman–Crippen LogP) is -1.60. The quantitative estimate of drug-likeness (QED) is 0.119. The molecule has 0 bridgehead atoms. The van der Waals surface area contributed by atoms with E-state index < -0.39 is 79.1 Å². The second-order valence-corrected chi connectivity index (χ2v) is 8.63. The number of carboxylic acids is 3. The van der Waals surface area contributed by atoms with E-state index in [2.05, 4.69) is 25.9 Å². The van der Waals surface area contributed by atoms with Crippen LogP contribution in [0.15, 0.2) is 42.9 Å². The van der Waals surface area contributed by atoms with Gasteiger partial charge in [0, 0.05) is 31.2 Å². The summed E-state index contributed by atoms with van der Waals surface area (Å²) in [6, 6.07) is 2.93. The Morgan fingerprint density at radius 1 is 0.821 bits per heavy atom. The number of carboxylic acid groups (broad SMARTS) is 3. The summed E-state index contributed by atoms with van der Waals surface area (Å²) in [4.78, 5) is 78.9. The lowest BCUT2D eigenvalue weighted by Crippen LogP contribution is -2.58. The monoisotopic (exact) mass is 546 g/mol. The molecule has 0 radical (unpaired) electrons. The fourth-order valence-corrected chi connectivity index (χ4v) is 3.51. The summed E-state index contributed by atoms with van der Waals surface area (Å²) >= 11 is 0. The van der Waals surface area contributed by atoms with Crippen molar-refractivity contribution >= 4 is 35.6 Å². The number of nitrogens with two attached hydrogens (primary N) is 1. The summed E-state index contributed by atoms with van der Waals surface area (Å²) in [5.41, 5.74) is 6.69. The topological polar surface area (TPSA) is 254 Å². The standard InChI is InChI=1S/C24H30N6O9/c25-15(10-20(33)34)21(35)29-17(8-13-4-2-1-3-5-13)22(36)30-18(9-14-11-26-12-27-14)23(37)28-16(24(38)39)6-7-19(31)32/h1-5,11-12,15-18H,6-10,25H2,(H,26,27)(H,28,37)(H,29,35)(H,30,36)(H,31,32)(H,33,34)(H,38,39). The van der Waals surface area contributed by atoms with Crippen molar-refractivity contribution in [3.05, 3.63) is 54.1 Å². The van der Waals surface area contributed by atoms with Crippen molar-refractivity contribution in [3.63, 3.8) is 0 Å². The van der Waals surface area contributed by atoms with Gasteiger partial charge in [-0.3, -0.25) is 24.0 Å². The zero-order valence-corrected chi connectivity index (χ0v) is 20.7. The number of rotatable bonds is 16. The molecule has 0 spiro atoms. The Balaban J connectivity index is 2.26. The lowest BCUT2D eigenvalue weighted by Gasteiger charge is -2.25. The number of amides is 3. The van der Waals surface area contributed by atoms with Crippen LogP contribution in [0.3, 0.4) is 0 Å². The molecular weight excluding hydrogens is 516 g/mol. The first kappa shape index (κ1) is 30.4. The molecule has 0 saturated carbocycles. The smallest absolute Gasteiger partial charge is 0.326 e. The molecule has 15 nitrogen and oxygen atoms in total. The third-order valence-electron chi connectivity index (χ3n) is 5.52. The van der Waals surface area contributed by atoms with Gasteiger partial charge in [0.1, 0.15) is 18.1 Å². The van der Waals surface area contributed by atoms with Crippen LogP contribution in [0.5, 0.6) is 0 Å². The van der Waals surface area contributed by atoms with Crippen LogP contribution in [0.1, 0.15) is 30.5 Å². The van der Waals surface area contributed by atoms with Crippen LogP contribution >= 0.6 is 0 Å². The highest BCUT2D eigenvalue weighted by atomic mass is 16.4. The zero-order valence-electron chi connectivity index (χ0n) is 20.7. The molecule has 0 saturated heterocycles. The van der Waals surface area contributed by atoms with E-state index in [-0.39, 0.29) is 12.8 Å². The molecule has 4 atom stereocenters. The molecule has 2 rings (SSSR count). The third kappa shape index (κ3) is 10.6. The van der Waals surface area contributed by atoms with Gasteiger partial charge < -0.3 is 42.0 Å². The van der Waals surface area contributed by atoms with Gasteiger partial charge in [0.05, 0.1) is 18.8 Å². The Hall–Kier alpha value is -4.79. The average molecular weight is 547 g/mol. The summed E-state index contributed by atoms with van der Waals surface area (Å²) in [6.45, 7) is 0. The lowest BCUT2D eigenvalue weighted by molar-refractivity contribution is -0.143. The number of hydrogen-bond acceptors (Lipinski definition) is 8. The SMILES string of the molecule is NC(CC(=O)O)C(=O)NC(Cc1ccccc1)C(=O)NC(Cc1cnc[nH]1)C(=O)NC(CCC(=O)O)C(=O)O. The fraction of sp³-hybridized carbons (Fsp3) is 0.375. The number of nitrogens with one attached hydrogen (secondary N) is 4. The molecule has 0 fully saturated rings. The first-order chi connectivity index (χ1) is 18.5. The highest BCUT2D eigenvalue weighted by molar-refractivity contribution is 5.95. The largest absolute Gasteiger partial charge is 0.481 e. The second-order valence-electron chi connectivity index (χ2n) is 8.63. The van der Waals surface area contributed by atoms with Crippen molar-refractivity contribution in [1.29, 1.82) is 0 Å². The van der Waals surface area contributed by atoms with Crippen LogP contribution in [0, 0.1) is 0 Å². The van der Waals surface area contributed by atoms with Gasteiger partial charge in [-0.05, 0) is 12.0 Å². The van der Waals surface area contributed by atoms with Gasteiger partial charge in [0.15, 0.2) is 0 Å². The number of carbonyl (C=O) groups is 6. The molecule has 0 aliphatic carbocycles. The maximum atomic E-state index is 13.3. The molecule has 9 N–H and O–H groups in total. The Bertz CT molecular complexity index is 1160. The van der Waals surface area contributed by atoms with Crippen LogP contribution in [-0.2, 0) is 41.6 Å². The summed E-state index contributed by atoms with van der Waals surface area (Å²) in [5.74, 6) is -6.66. The maximum Gasteiger partial charge on any atom is 0.326 e. The number of carbonyl (C=O) groups excluding carboxylic acids is 3. The second kappa shape index (κ2) is 14.8. The number of hydrogen-bond donors (Lipinski definition) is 8. The van der Waals surface area contributed by atoms with Gasteiger partial charge in [-0.25, -0.2) is 9.78 Å². The van der Waals surface area contributed by atoms with Crippen molar-refractivity contribution in [1.82, 2.24) is 25.9 Å². The lowest BCUT2D eigenvalue weighted by atomic mass is 10.0. The van der Waals surface area contributed by atoms with Crippen LogP contribution < -0.4 is 21.7 Å². The van der Waals surface area contributed by atoms with Crippen LogP contribution in [0.25, 0.3) is 0 Å². The zero-order chi connectivity index (χ0) is 28.9. The molecule has 39 heavy (non-hydrogen) atoms. The Kier molecular flexibility index (Phi) is 11.6. The van der Waals surface area contributed by atoms with E-state index in [0.29, 0.717) is 11.3 Å². The van der Waals surface area contributed by atoms with Crippen LogP contribution in [0.2, 0.25) is 0 Å². The van der Waals surface area contributed by atoms with E-state index >= 15 is 0 Å². The Morgan fingerprint density at radius 3 is 1.95 bits per heavy atom. The Labute approximate surface area is 222 Å². The van der Waals surface area contributed by atoms with E-state index in [0.717, 1.165) is 0 Å². The first-order valence-electron chi connectivity index (χ1n) is 11.8. The van der Waals surface area contributed by atoms with Crippen molar-refractivity contribution in [3.8, 4) is 0 Å². The summed E-state index contributed by atoms with van der Waals surface area (Å²) < 4.78 is 0. The third-order valence-corrected chi connectivity index (χ3v) is 5.52. The van der Waals surface area contributed by atoms with Crippen LogP contribution in [-0.4, -0.2) is 85.1 Å². The molecular formula is C24H30N6O9. The molecule has 1 aromatic carbocycles. The summed E-state index contributed by atoms with van der Waals surface area (Å²) in [7, 11) is 0. The number of aromatic amines is 1. The molecule has 3 amide bonds. The van der Waals surface area contributed by atoms with Gasteiger partial charge in [0.25, 0.3) is 0 Å². The molecule has 4 unspecified atom stereocenters. The van der Waals surface area contributed by atoms with Gasteiger partial charge in [-0.2, -0.15) is 0 Å². The minimum Gasteiger partial charge on any atom is -0.481 e. The maximum absolute atomic E-state index is 13.3. The molecule has 15 heteroatoms. The average Bonchev–Trinajstić information content (AvgIpc) is 3.38.